The van der Waals surface area contributed by atoms with Crippen LogP contribution in [0.25, 0.3) is 0 Å². The third-order valence-electron chi connectivity index (χ3n) is 4.13. The molecule has 0 radical (unpaired) electrons. The van der Waals surface area contributed by atoms with Crippen LogP contribution in [0.4, 0.5) is 0 Å². The minimum atomic E-state index is 0.649. The van der Waals surface area contributed by atoms with E-state index >= 15 is 0 Å². The van der Waals surface area contributed by atoms with Crippen LogP contribution < -0.4 is 5.32 Å². The first-order valence-electron chi connectivity index (χ1n) is 6.22. The third kappa shape index (κ3) is 2.12. The second kappa shape index (κ2) is 4.63. The summed E-state index contributed by atoms with van der Waals surface area (Å²) < 4.78 is 0. The molecule has 2 heteroatoms. The van der Waals surface area contributed by atoms with Crippen molar-refractivity contribution in [1.29, 1.82) is 0 Å². The van der Waals surface area contributed by atoms with Crippen LogP contribution in [0.3, 0.4) is 0 Å². The van der Waals surface area contributed by atoms with Crippen LogP contribution in [0.2, 0.25) is 0 Å². The molecule has 1 saturated carbocycles. The molecule has 3 atom stereocenters. The Hall–Kier alpha value is -0.0800. The van der Waals surface area contributed by atoms with Crippen molar-refractivity contribution in [3.8, 4) is 0 Å². The van der Waals surface area contributed by atoms with Gasteiger partial charge in [-0.25, -0.2) is 0 Å². The van der Waals surface area contributed by atoms with Gasteiger partial charge in [0, 0.05) is 18.6 Å². The molecule has 1 saturated heterocycles. The zero-order chi connectivity index (χ0) is 9.97. The zero-order valence-corrected chi connectivity index (χ0v) is 9.63. The first-order chi connectivity index (χ1) is 6.81. The number of rotatable bonds is 3. The van der Waals surface area contributed by atoms with Gasteiger partial charge in [0.15, 0.2) is 0 Å². The summed E-state index contributed by atoms with van der Waals surface area (Å²) in [4.78, 5) is 2.73. The van der Waals surface area contributed by atoms with E-state index in [1.165, 1.54) is 45.2 Å². The average molecular weight is 196 g/mol. The van der Waals surface area contributed by atoms with Crippen molar-refractivity contribution >= 4 is 0 Å². The second-order valence-electron chi connectivity index (χ2n) is 5.09. The summed E-state index contributed by atoms with van der Waals surface area (Å²) in [5, 5.41) is 3.35. The summed E-state index contributed by atoms with van der Waals surface area (Å²) in [6.45, 7) is 4.88. The Morgan fingerprint density at radius 1 is 1.29 bits per heavy atom. The Kier molecular flexibility index (Phi) is 3.45. The van der Waals surface area contributed by atoms with Gasteiger partial charge in [0.2, 0.25) is 0 Å². The van der Waals surface area contributed by atoms with Crippen molar-refractivity contribution in [1.82, 2.24) is 10.2 Å². The van der Waals surface area contributed by atoms with E-state index in [9.17, 15) is 0 Å². The summed E-state index contributed by atoms with van der Waals surface area (Å²) in [6.07, 6.45) is 7.36. The van der Waals surface area contributed by atoms with E-state index in [-0.39, 0.29) is 0 Å². The minimum absolute atomic E-state index is 0.649. The van der Waals surface area contributed by atoms with E-state index in [1.54, 1.807) is 0 Å². The molecule has 0 unspecified atom stereocenters. The Labute approximate surface area is 88.1 Å². The largest absolute Gasteiger partial charge is 0.316 e. The number of nitrogens with zero attached hydrogens (tertiary/aromatic N) is 1. The topological polar surface area (TPSA) is 15.3 Å². The van der Waals surface area contributed by atoms with Gasteiger partial charge in [-0.1, -0.05) is 12.8 Å². The number of likely N-dealkylation sites (tertiary alicyclic amines) is 1. The van der Waals surface area contributed by atoms with Gasteiger partial charge in [-0.2, -0.15) is 0 Å². The molecule has 2 fully saturated rings. The van der Waals surface area contributed by atoms with Crippen LogP contribution in [-0.2, 0) is 0 Å². The van der Waals surface area contributed by atoms with Gasteiger partial charge in [0.25, 0.3) is 0 Å². The Bertz CT molecular complexity index is 181. The Morgan fingerprint density at radius 2 is 2.07 bits per heavy atom. The van der Waals surface area contributed by atoms with E-state index in [2.05, 4.69) is 24.2 Å². The summed E-state index contributed by atoms with van der Waals surface area (Å²) in [5.74, 6) is 1.04. The Morgan fingerprint density at radius 3 is 2.86 bits per heavy atom. The fourth-order valence-electron chi connectivity index (χ4n) is 3.17. The van der Waals surface area contributed by atoms with Gasteiger partial charge < -0.3 is 5.32 Å². The van der Waals surface area contributed by atoms with Crippen molar-refractivity contribution in [2.45, 2.75) is 51.1 Å². The molecular weight excluding hydrogens is 172 g/mol. The van der Waals surface area contributed by atoms with Gasteiger partial charge in [0.05, 0.1) is 0 Å². The van der Waals surface area contributed by atoms with Crippen LogP contribution in [0.1, 0.15) is 39.0 Å². The molecule has 1 N–H and O–H groups in total. The summed E-state index contributed by atoms with van der Waals surface area (Å²) in [6, 6.07) is 1.58. The minimum Gasteiger partial charge on any atom is -0.316 e. The predicted octanol–water partition coefficient (Wildman–Crippen LogP) is 1.86. The first kappa shape index (κ1) is 10.4. The maximum atomic E-state index is 3.35. The number of hydrogen-bond donors (Lipinski definition) is 1. The van der Waals surface area contributed by atoms with Gasteiger partial charge in [-0.05, 0) is 45.7 Å². The number of nitrogens with one attached hydrogen (secondary N) is 1. The lowest BCUT2D eigenvalue weighted by atomic mass is 9.85. The fourth-order valence-corrected chi connectivity index (χ4v) is 3.17. The van der Waals surface area contributed by atoms with Crippen LogP contribution in [0.5, 0.6) is 0 Å². The van der Waals surface area contributed by atoms with Gasteiger partial charge >= 0.3 is 0 Å². The molecule has 0 aromatic carbocycles. The number of likely N-dealkylation sites (N-methyl/N-ethyl adjacent to an activating group) is 1. The third-order valence-corrected chi connectivity index (χ3v) is 4.13. The predicted molar refractivity (Wildman–Crippen MR) is 60.5 cm³/mol. The quantitative estimate of drug-likeness (QED) is 0.741. The summed E-state index contributed by atoms with van der Waals surface area (Å²) in [7, 11) is 2.07. The van der Waals surface area contributed by atoms with Crippen molar-refractivity contribution in [2.75, 3.05) is 20.1 Å². The standard InChI is InChI=1S/C12H24N2/c1-10(13-2)9-14-8-7-11-5-3-4-6-12(11)14/h10-13H,3-9H2,1-2H3/t10-,11-,12-/m0/s1. The molecule has 2 aliphatic rings. The number of hydrogen-bond acceptors (Lipinski definition) is 2. The van der Waals surface area contributed by atoms with Crippen LogP contribution >= 0.6 is 0 Å². The highest BCUT2D eigenvalue weighted by molar-refractivity contribution is 4.90. The molecule has 1 aliphatic carbocycles. The maximum absolute atomic E-state index is 3.35. The van der Waals surface area contributed by atoms with Crippen LogP contribution in [-0.4, -0.2) is 37.1 Å². The molecule has 1 heterocycles. The molecular formula is C12H24N2. The van der Waals surface area contributed by atoms with Crippen LogP contribution in [0, 0.1) is 5.92 Å². The van der Waals surface area contributed by atoms with E-state index < -0.39 is 0 Å². The lowest BCUT2D eigenvalue weighted by Gasteiger charge is -2.33. The number of fused-ring (bicyclic) bond motifs is 1. The normalized spacial score (nSPS) is 35.6. The molecule has 2 rings (SSSR count). The molecule has 2 nitrogen and oxygen atoms in total. The van der Waals surface area contributed by atoms with E-state index in [4.69, 9.17) is 0 Å². The first-order valence-corrected chi connectivity index (χ1v) is 6.22. The molecule has 0 aromatic rings. The van der Waals surface area contributed by atoms with Crippen molar-refractivity contribution in [2.24, 2.45) is 5.92 Å². The lowest BCUT2D eigenvalue weighted by Crippen LogP contribution is -2.42. The van der Waals surface area contributed by atoms with Gasteiger partial charge in [-0.3, -0.25) is 4.90 Å². The zero-order valence-electron chi connectivity index (χ0n) is 9.63. The summed E-state index contributed by atoms with van der Waals surface area (Å²) in [5.41, 5.74) is 0. The highest BCUT2D eigenvalue weighted by Gasteiger charge is 2.35. The van der Waals surface area contributed by atoms with Gasteiger partial charge in [0.1, 0.15) is 0 Å². The summed E-state index contributed by atoms with van der Waals surface area (Å²) >= 11 is 0. The lowest BCUT2D eigenvalue weighted by molar-refractivity contribution is 0.171. The van der Waals surface area contributed by atoms with Crippen LogP contribution in [0.15, 0.2) is 0 Å². The van der Waals surface area contributed by atoms with E-state index in [0.717, 1.165) is 12.0 Å². The average Bonchev–Trinajstić information content (AvgIpc) is 2.62. The van der Waals surface area contributed by atoms with E-state index in [0.29, 0.717) is 6.04 Å². The molecule has 14 heavy (non-hydrogen) atoms. The second-order valence-corrected chi connectivity index (χ2v) is 5.09. The Balaban J connectivity index is 1.87. The molecule has 0 amide bonds. The molecule has 0 bridgehead atoms. The molecule has 0 aromatic heterocycles. The molecule has 0 spiro atoms. The van der Waals surface area contributed by atoms with E-state index in [1.807, 2.05) is 0 Å². The van der Waals surface area contributed by atoms with Gasteiger partial charge in [-0.15, -0.1) is 0 Å². The highest BCUT2D eigenvalue weighted by atomic mass is 15.2. The monoisotopic (exact) mass is 196 g/mol. The molecule has 82 valence electrons. The SMILES string of the molecule is CN[C@@H](C)CN1CC[C@@H]2CCCC[C@@H]21. The smallest absolute Gasteiger partial charge is 0.0163 e. The highest BCUT2D eigenvalue weighted by Crippen LogP contribution is 2.35. The van der Waals surface area contributed by atoms with Crippen molar-refractivity contribution < 1.29 is 0 Å². The van der Waals surface area contributed by atoms with Crippen molar-refractivity contribution in [3.63, 3.8) is 0 Å². The fraction of sp³-hybridized carbons (Fsp3) is 1.00. The molecule has 1 aliphatic heterocycles. The van der Waals surface area contributed by atoms with Crippen molar-refractivity contribution in [3.05, 3.63) is 0 Å². The maximum Gasteiger partial charge on any atom is 0.0163 e.